The monoisotopic (exact) mass is 451 g/mol. The van der Waals surface area contributed by atoms with Crippen LogP contribution in [-0.4, -0.2) is 57.7 Å². The zero-order valence-corrected chi connectivity index (χ0v) is 18.0. The molecule has 0 aliphatic carbocycles. The van der Waals surface area contributed by atoms with Gasteiger partial charge in [0, 0.05) is 0 Å². The maximum atomic E-state index is 9.90. The number of imidazole rings is 1. The summed E-state index contributed by atoms with van der Waals surface area (Å²) in [7, 11) is 0. The molecule has 0 saturated carbocycles. The third-order valence-corrected chi connectivity index (χ3v) is 6.56. The van der Waals surface area contributed by atoms with E-state index in [2.05, 4.69) is 57.4 Å². The van der Waals surface area contributed by atoms with Crippen molar-refractivity contribution in [2.45, 2.75) is 37.3 Å². The van der Waals surface area contributed by atoms with Crippen LogP contribution in [0.15, 0.2) is 48.5 Å². The molecule has 6 rings (SSSR count). The van der Waals surface area contributed by atoms with Crippen molar-refractivity contribution >= 4 is 33.5 Å². The van der Waals surface area contributed by atoms with Crippen molar-refractivity contribution in [3.63, 3.8) is 0 Å². The van der Waals surface area contributed by atoms with E-state index in [0.29, 0.717) is 35.2 Å². The predicted molar refractivity (Wildman–Crippen MR) is 120 cm³/mol. The average Bonchev–Trinajstić information content (AvgIpc) is 3.49. The number of hydrogen-bond donors (Lipinski definition) is 2. The van der Waals surface area contributed by atoms with Crippen LogP contribution in [0.2, 0.25) is 5.02 Å². The van der Waals surface area contributed by atoms with Crippen molar-refractivity contribution in [1.29, 1.82) is 0 Å². The van der Waals surface area contributed by atoms with E-state index >= 15 is 0 Å². The number of nitrogens with zero attached hydrogens (tertiary/aromatic N) is 2. The second-order valence-corrected chi connectivity index (χ2v) is 8.70. The van der Waals surface area contributed by atoms with Crippen molar-refractivity contribution in [2.24, 2.45) is 0 Å². The zero-order valence-electron chi connectivity index (χ0n) is 17.2. The normalized spacial score (nSPS) is 24.9. The van der Waals surface area contributed by atoms with Gasteiger partial charge in [-0.05, 0) is 35.2 Å². The number of ether oxygens (including phenoxy) is 3. The van der Waals surface area contributed by atoms with E-state index in [4.69, 9.17) is 25.8 Å². The molecule has 2 aliphatic rings. The Labute approximate surface area is 189 Å². The lowest BCUT2D eigenvalue weighted by molar-refractivity contribution is 0.00706. The second-order valence-electron chi connectivity index (χ2n) is 8.29. The van der Waals surface area contributed by atoms with Gasteiger partial charge in [0.15, 0.2) is 11.8 Å². The van der Waals surface area contributed by atoms with Gasteiger partial charge in [-0.15, -0.1) is 0 Å². The number of H-pyrrole nitrogens is 1. The Morgan fingerprint density at radius 1 is 1.03 bits per heavy atom. The molecule has 4 heterocycles. The Morgan fingerprint density at radius 2 is 1.88 bits per heavy atom. The fourth-order valence-electron chi connectivity index (χ4n) is 4.62. The van der Waals surface area contributed by atoms with Crippen molar-refractivity contribution in [1.82, 2.24) is 15.0 Å². The van der Waals surface area contributed by atoms with Crippen LogP contribution in [0.3, 0.4) is 0 Å². The largest absolute Gasteiger partial charge is 0.456 e. The fraction of sp³-hybridized carbons (Fsp3) is 0.333. The minimum Gasteiger partial charge on any atom is -0.456 e. The SMILES string of the molecule is O[C@@H]1CO[C@H]2[C@@H]1OC[C@H]2Oc1nc2nc(CCc3cccc4ccccc34)c(Cl)cc2[nH]1. The lowest BCUT2D eigenvalue weighted by Crippen LogP contribution is -2.34. The molecule has 2 aliphatic heterocycles. The van der Waals surface area contributed by atoms with Crippen LogP contribution in [-0.2, 0) is 22.3 Å². The molecule has 0 radical (unpaired) electrons. The number of aryl methyl sites for hydroxylation is 2. The van der Waals surface area contributed by atoms with Gasteiger partial charge in [-0.3, -0.25) is 0 Å². The number of fused-ring (bicyclic) bond motifs is 3. The van der Waals surface area contributed by atoms with E-state index in [9.17, 15) is 5.11 Å². The number of pyridine rings is 1. The standard InChI is InChI=1S/C24H22ClN3O4/c25-16-10-18-23(28-24(27-18)32-20-12-31-21-19(29)11-30-22(20)21)26-17(16)9-8-14-6-3-5-13-4-1-2-7-15(13)14/h1-7,10,19-22,29H,8-9,11-12H2,(H,26,27,28)/t19-,20-,21-,22-/m1/s1. The van der Waals surface area contributed by atoms with E-state index in [1.54, 1.807) is 0 Å². The summed E-state index contributed by atoms with van der Waals surface area (Å²) >= 11 is 6.54. The maximum Gasteiger partial charge on any atom is 0.296 e. The third-order valence-electron chi connectivity index (χ3n) is 6.23. The molecule has 0 spiro atoms. The summed E-state index contributed by atoms with van der Waals surface area (Å²) in [6.07, 6.45) is -0.0653. The van der Waals surface area contributed by atoms with Gasteiger partial charge >= 0.3 is 0 Å². The van der Waals surface area contributed by atoms with Gasteiger partial charge in [-0.2, -0.15) is 4.98 Å². The molecule has 0 unspecified atom stereocenters. The summed E-state index contributed by atoms with van der Waals surface area (Å²) in [5.74, 6) is 0. The first-order chi connectivity index (χ1) is 15.7. The molecule has 4 aromatic rings. The summed E-state index contributed by atoms with van der Waals surface area (Å²) in [5, 5.41) is 13.0. The molecule has 0 amide bonds. The molecule has 2 aromatic carbocycles. The minimum atomic E-state index is -0.617. The third kappa shape index (κ3) is 3.51. The van der Waals surface area contributed by atoms with E-state index < -0.39 is 6.10 Å². The highest BCUT2D eigenvalue weighted by atomic mass is 35.5. The second kappa shape index (κ2) is 8.01. The number of aliphatic hydroxyl groups excluding tert-OH is 1. The highest BCUT2D eigenvalue weighted by Crippen LogP contribution is 2.30. The van der Waals surface area contributed by atoms with E-state index in [1.807, 2.05) is 6.07 Å². The number of benzene rings is 2. The van der Waals surface area contributed by atoms with E-state index in [0.717, 1.165) is 12.1 Å². The summed E-state index contributed by atoms with van der Waals surface area (Å²) in [6, 6.07) is 16.9. The van der Waals surface area contributed by atoms with Crippen LogP contribution < -0.4 is 4.74 Å². The van der Waals surface area contributed by atoms with Crippen molar-refractivity contribution in [3.05, 3.63) is 64.8 Å². The van der Waals surface area contributed by atoms with Crippen molar-refractivity contribution in [2.75, 3.05) is 13.2 Å². The Balaban J connectivity index is 1.21. The van der Waals surface area contributed by atoms with Crippen LogP contribution in [0.4, 0.5) is 0 Å². The maximum absolute atomic E-state index is 9.90. The quantitative estimate of drug-likeness (QED) is 0.483. The van der Waals surface area contributed by atoms with Crippen LogP contribution in [0.5, 0.6) is 6.01 Å². The Morgan fingerprint density at radius 3 is 2.81 bits per heavy atom. The molecular formula is C24H22ClN3O4. The fourth-order valence-corrected chi connectivity index (χ4v) is 4.86. The predicted octanol–water partition coefficient (Wildman–Crippen LogP) is 3.46. The first kappa shape index (κ1) is 19.9. The topological polar surface area (TPSA) is 89.5 Å². The molecule has 7 nitrogen and oxygen atoms in total. The van der Waals surface area contributed by atoms with E-state index in [1.165, 1.54) is 16.3 Å². The molecule has 32 heavy (non-hydrogen) atoms. The lowest BCUT2D eigenvalue weighted by Gasteiger charge is -2.15. The van der Waals surface area contributed by atoms with Crippen LogP contribution in [0, 0.1) is 0 Å². The van der Waals surface area contributed by atoms with Gasteiger partial charge in [0.05, 0.1) is 29.4 Å². The molecule has 2 N–H and O–H groups in total. The number of rotatable bonds is 5. The number of nitrogens with one attached hydrogen (secondary N) is 1. The summed E-state index contributed by atoms with van der Waals surface area (Å²) < 4.78 is 17.2. The minimum absolute atomic E-state index is 0.256. The van der Waals surface area contributed by atoms with Crippen LogP contribution in [0.1, 0.15) is 11.3 Å². The molecule has 4 atom stereocenters. The number of halogens is 1. The first-order valence-corrected chi connectivity index (χ1v) is 11.1. The zero-order chi connectivity index (χ0) is 21.7. The summed E-state index contributed by atoms with van der Waals surface area (Å²) in [5.41, 5.74) is 3.33. The Bertz CT molecular complexity index is 1290. The van der Waals surface area contributed by atoms with Gasteiger partial charge in [-0.25, -0.2) is 4.98 Å². The van der Waals surface area contributed by atoms with Crippen LogP contribution in [0.25, 0.3) is 21.9 Å². The summed E-state index contributed by atoms with van der Waals surface area (Å²) in [6.45, 7) is 0.598. The van der Waals surface area contributed by atoms with Gasteiger partial charge in [0.1, 0.15) is 18.3 Å². The molecule has 0 bridgehead atoms. The van der Waals surface area contributed by atoms with Gasteiger partial charge in [-0.1, -0.05) is 54.1 Å². The lowest BCUT2D eigenvalue weighted by atomic mass is 10.00. The molecule has 2 fully saturated rings. The number of aromatic amines is 1. The van der Waals surface area contributed by atoms with Crippen molar-refractivity contribution < 1.29 is 19.3 Å². The Kier molecular flexibility index (Phi) is 4.99. The average molecular weight is 452 g/mol. The molecular weight excluding hydrogens is 430 g/mol. The van der Waals surface area contributed by atoms with E-state index in [-0.39, 0.29) is 24.9 Å². The first-order valence-electron chi connectivity index (χ1n) is 10.8. The van der Waals surface area contributed by atoms with Gasteiger partial charge in [0.25, 0.3) is 6.01 Å². The number of hydrogen-bond acceptors (Lipinski definition) is 6. The van der Waals surface area contributed by atoms with Crippen LogP contribution >= 0.6 is 11.6 Å². The molecule has 2 aromatic heterocycles. The molecule has 164 valence electrons. The Hall–Kier alpha value is -2.71. The van der Waals surface area contributed by atoms with Crippen molar-refractivity contribution in [3.8, 4) is 6.01 Å². The van der Waals surface area contributed by atoms with Gasteiger partial charge < -0.3 is 24.3 Å². The number of aromatic nitrogens is 3. The summed E-state index contributed by atoms with van der Waals surface area (Å²) in [4.78, 5) is 12.3. The molecule has 8 heteroatoms. The molecule has 2 saturated heterocycles. The highest BCUT2D eigenvalue weighted by molar-refractivity contribution is 6.31. The smallest absolute Gasteiger partial charge is 0.296 e. The van der Waals surface area contributed by atoms with Gasteiger partial charge in [0.2, 0.25) is 0 Å². The number of aliphatic hydroxyl groups is 1. The highest BCUT2D eigenvalue weighted by Gasteiger charge is 2.48.